The van der Waals surface area contributed by atoms with Crippen molar-refractivity contribution in [2.75, 3.05) is 36.0 Å². The minimum Gasteiger partial charge on any atom is -0.341 e. The molecule has 2 aromatic carbocycles. The molecule has 5 nitrogen and oxygen atoms in total. The van der Waals surface area contributed by atoms with Crippen LogP contribution in [0.3, 0.4) is 0 Å². The molecule has 12 atom stereocenters. The average molecular weight is 571 g/mol. The van der Waals surface area contributed by atoms with E-state index in [9.17, 15) is 0 Å². The molecule has 0 unspecified atom stereocenters. The van der Waals surface area contributed by atoms with Gasteiger partial charge in [0.25, 0.3) is 0 Å². The minimum absolute atomic E-state index is 0.147. The molecule has 0 N–H and O–H groups in total. The number of piperidine rings is 2. The second kappa shape index (κ2) is 7.43. The predicted octanol–water partition coefficient (Wildman–Crippen LogP) is 5.28. The highest BCUT2D eigenvalue weighted by atomic mass is 16.5. The van der Waals surface area contributed by atoms with Crippen LogP contribution < -0.4 is 9.80 Å². The Morgan fingerprint density at radius 2 is 1.14 bits per heavy atom. The van der Waals surface area contributed by atoms with Crippen LogP contribution in [-0.2, 0) is 15.6 Å². The highest BCUT2D eigenvalue weighted by Gasteiger charge is 2.78. The molecule has 0 aromatic heterocycles. The maximum atomic E-state index is 7.78. The van der Waals surface area contributed by atoms with Crippen LogP contribution in [0.15, 0.2) is 71.8 Å². The predicted molar refractivity (Wildman–Crippen MR) is 168 cm³/mol. The van der Waals surface area contributed by atoms with Gasteiger partial charge in [0, 0.05) is 59.2 Å². The molecule has 8 aliphatic heterocycles. The van der Waals surface area contributed by atoms with Crippen molar-refractivity contribution in [3.05, 3.63) is 83.0 Å². The van der Waals surface area contributed by atoms with Crippen molar-refractivity contribution < 1.29 is 4.74 Å². The summed E-state index contributed by atoms with van der Waals surface area (Å²) in [6, 6.07) is 21.7. The van der Waals surface area contributed by atoms with Crippen molar-refractivity contribution in [1.29, 1.82) is 0 Å². The monoisotopic (exact) mass is 570 g/mol. The molecule has 2 aromatic rings. The van der Waals surface area contributed by atoms with E-state index in [1.807, 2.05) is 0 Å². The minimum atomic E-state index is 0.147. The van der Waals surface area contributed by atoms with E-state index in [1.54, 1.807) is 22.3 Å². The standard InChI is InChI=1S/C38H42N4O/c1-3-21-19-39-15-13-37-25-9-5-7-11-27(25)41-33(37)31(23(21)17-29(37)39)35-42-28-12-8-6-10-26(28)38-14-16-40-20-22(4-2)24(18-30(38)40)32(34(38)42)36(41)43-35/h3-12,23-24,29-36H,13-20H2,1-2H3/b21-3-,22-4+/t23-,24-,29-,30-,31-,32-,33-,34-,35+,36+,37+,38+/m0/s1. The Morgan fingerprint density at radius 1 is 0.674 bits per heavy atom. The van der Waals surface area contributed by atoms with Gasteiger partial charge in [-0.05, 0) is 87.7 Å². The lowest BCUT2D eigenvalue weighted by Gasteiger charge is -2.69. The molecule has 220 valence electrons. The van der Waals surface area contributed by atoms with Gasteiger partial charge in [-0.15, -0.1) is 0 Å². The van der Waals surface area contributed by atoms with Gasteiger partial charge < -0.3 is 14.5 Å². The van der Waals surface area contributed by atoms with Crippen molar-refractivity contribution in [2.45, 2.75) is 87.0 Å². The SMILES string of the molecule is C/C=C1\CN2CC[C@]34c5ccccc5N5[C@@H]6O[C@H]([C@H]([C@H]53)[C@H]1C[C@H]24)N1c2ccccc2[C@]23CCN4C/C(=C/C)[C@H](C[C@H]42)[C@H]6[C@H]13. The number of nitrogens with zero attached hydrogens (tertiary/aromatic N) is 4. The zero-order valence-electron chi connectivity index (χ0n) is 25.4. The third kappa shape index (κ3) is 2.28. The van der Waals surface area contributed by atoms with Crippen LogP contribution in [0.1, 0.15) is 50.7 Å². The first-order chi connectivity index (χ1) is 21.2. The van der Waals surface area contributed by atoms with E-state index in [0.29, 0.717) is 47.8 Å². The van der Waals surface area contributed by atoms with Crippen LogP contribution in [0.5, 0.6) is 0 Å². The second-order valence-corrected chi connectivity index (χ2v) is 15.8. The first kappa shape index (κ1) is 23.7. The summed E-state index contributed by atoms with van der Waals surface area (Å²) in [6.07, 6.45) is 10.5. The van der Waals surface area contributed by atoms with Gasteiger partial charge >= 0.3 is 0 Å². The Morgan fingerprint density at radius 3 is 1.60 bits per heavy atom. The molecule has 10 aliphatic rings. The molecule has 2 aliphatic carbocycles. The van der Waals surface area contributed by atoms with Crippen LogP contribution in [-0.4, -0.2) is 72.6 Å². The molecular formula is C38H42N4O. The zero-order chi connectivity index (χ0) is 28.0. The summed E-state index contributed by atoms with van der Waals surface area (Å²) < 4.78 is 7.78. The average Bonchev–Trinajstić information content (AvgIpc) is 3.80. The smallest absolute Gasteiger partial charge is 0.138 e. The molecule has 8 fully saturated rings. The second-order valence-electron chi connectivity index (χ2n) is 15.8. The third-order valence-corrected chi connectivity index (χ3v) is 15.3. The van der Waals surface area contributed by atoms with E-state index in [2.05, 4.69) is 94.1 Å². The van der Waals surface area contributed by atoms with E-state index in [0.717, 1.165) is 13.1 Å². The number of para-hydroxylation sites is 2. The summed E-state index contributed by atoms with van der Waals surface area (Å²) in [5.74, 6) is 2.16. The number of hydrogen-bond acceptors (Lipinski definition) is 5. The van der Waals surface area contributed by atoms with Gasteiger partial charge in [0.2, 0.25) is 0 Å². The first-order valence-electron chi connectivity index (χ1n) is 17.4. The normalized spacial score (nSPS) is 50.7. The Labute approximate surface area is 255 Å². The molecule has 2 spiro atoms. The lowest BCUT2D eigenvalue weighted by Crippen LogP contribution is -2.81. The number of ether oxygens (including phenoxy) is 1. The van der Waals surface area contributed by atoms with Gasteiger partial charge in [0.15, 0.2) is 0 Å². The van der Waals surface area contributed by atoms with Crippen LogP contribution in [0.4, 0.5) is 11.4 Å². The fraction of sp³-hybridized carbons (Fsp3) is 0.579. The number of benzene rings is 2. The summed E-state index contributed by atoms with van der Waals surface area (Å²) >= 11 is 0. The molecule has 5 heteroatoms. The summed E-state index contributed by atoms with van der Waals surface area (Å²) in [7, 11) is 0. The summed E-state index contributed by atoms with van der Waals surface area (Å²) in [5, 5.41) is 0. The van der Waals surface area contributed by atoms with Gasteiger partial charge in [-0.1, -0.05) is 59.7 Å². The third-order valence-electron chi connectivity index (χ3n) is 15.3. The Hall–Kier alpha value is -2.60. The van der Waals surface area contributed by atoms with Crippen LogP contribution in [0.2, 0.25) is 0 Å². The Balaban J connectivity index is 1.16. The van der Waals surface area contributed by atoms with Crippen LogP contribution in [0.25, 0.3) is 0 Å². The van der Waals surface area contributed by atoms with Crippen molar-refractivity contribution in [3.63, 3.8) is 0 Å². The van der Waals surface area contributed by atoms with E-state index in [4.69, 9.17) is 4.74 Å². The largest absolute Gasteiger partial charge is 0.341 e. The lowest BCUT2D eigenvalue weighted by atomic mass is 9.51. The van der Waals surface area contributed by atoms with Gasteiger partial charge in [-0.2, -0.15) is 0 Å². The molecule has 43 heavy (non-hydrogen) atoms. The van der Waals surface area contributed by atoms with Gasteiger partial charge in [0.1, 0.15) is 12.5 Å². The number of fused-ring (bicyclic) bond motifs is 14. The molecule has 6 bridgehead atoms. The maximum absolute atomic E-state index is 7.78. The number of anilines is 2. The summed E-state index contributed by atoms with van der Waals surface area (Å²) in [4.78, 5) is 11.7. The fourth-order valence-corrected chi connectivity index (χ4v) is 14.2. The van der Waals surface area contributed by atoms with Gasteiger partial charge in [-0.25, -0.2) is 0 Å². The molecule has 8 heterocycles. The van der Waals surface area contributed by atoms with Crippen molar-refractivity contribution in [1.82, 2.24) is 9.80 Å². The number of allylic oxidation sites excluding steroid dienone is 2. The van der Waals surface area contributed by atoms with Crippen molar-refractivity contribution >= 4 is 11.4 Å². The molecule has 6 saturated heterocycles. The van der Waals surface area contributed by atoms with Gasteiger partial charge in [0.05, 0.1) is 12.1 Å². The van der Waals surface area contributed by atoms with E-state index < -0.39 is 0 Å². The maximum Gasteiger partial charge on any atom is 0.138 e. The van der Waals surface area contributed by atoms with Gasteiger partial charge in [-0.3, -0.25) is 9.80 Å². The first-order valence-corrected chi connectivity index (χ1v) is 17.4. The quantitative estimate of drug-likeness (QED) is 0.401. The van der Waals surface area contributed by atoms with E-state index >= 15 is 0 Å². The Bertz CT molecular complexity index is 1560. The van der Waals surface area contributed by atoms with E-state index in [-0.39, 0.29) is 23.3 Å². The Kier molecular flexibility index (Phi) is 4.10. The molecule has 12 rings (SSSR count). The molecule has 0 amide bonds. The van der Waals surface area contributed by atoms with E-state index in [1.165, 1.54) is 50.1 Å². The number of hydrogen-bond donors (Lipinski definition) is 0. The van der Waals surface area contributed by atoms with Crippen LogP contribution in [0, 0.1) is 23.7 Å². The molecular weight excluding hydrogens is 528 g/mol. The molecule has 0 radical (unpaired) electrons. The topological polar surface area (TPSA) is 22.2 Å². The van der Waals surface area contributed by atoms with Crippen molar-refractivity contribution in [3.8, 4) is 0 Å². The zero-order valence-corrected chi connectivity index (χ0v) is 25.4. The molecule has 2 saturated carbocycles. The fourth-order valence-electron chi connectivity index (χ4n) is 14.2. The lowest BCUT2D eigenvalue weighted by molar-refractivity contribution is -0.198. The highest BCUT2D eigenvalue weighted by molar-refractivity contribution is 5.73. The van der Waals surface area contributed by atoms with Crippen molar-refractivity contribution in [2.24, 2.45) is 23.7 Å². The summed E-state index contributed by atoms with van der Waals surface area (Å²) in [5.41, 5.74) is 10.2. The highest BCUT2D eigenvalue weighted by Crippen LogP contribution is 2.72. The summed E-state index contributed by atoms with van der Waals surface area (Å²) in [6.45, 7) is 9.41. The van der Waals surface area contributed by atoms with Crippen LogP contribution >= 0.6 is 0 Å². The number of rotatable bonds is 0.